The summed E-state index contributed by atoms with van der Waals surface area (Å²) in [7, 11) is 6.46. The number of benzene rings is 12. The van der Waals surface area contributed by atoms with E-state index in [1.54, 1.807) is 126 Å². The van der Waals surface area contributed by atoms with E-state index in [4.69, 9.17) is 56.8 Å². The molecule has 0 N–H and O–H groups in total. The summed E-state index contributed by atoms with van der Waals surface area (Å²) in [5.41, 5.74) is 14.4. The molecule has 12 aromatic carbocycles. The van der Waals surface area contributed by atoms with Crippen LogP contribution < -0.4 is 56.8 Å². The van der Waals surface area contributed by atoms with Crippen molar-refractivity contribution in [3.05, 3.63) is 356 Å². The molecule has 0 radical (unpaired) electrons. The van der Waals surface area contributed by atoms with Crippen LogP contribution in [0.25, 0.3) is 24.3 Å². The molecule has 13 rings (SSSR count). The summed E-state index contributed by atoms with van der Waals surface area (Å²) in [5, 5.41) is 0. The maximum absolute atomic E-state index is 14.7. The summed E-state index contributed by atoms with van der Waals surface area (Å²) in [6.45, 7) is 9.96. The number of carbonyl (C=O) groups is 4. The maximum Gasteiger partial charge on any atom is 0.336 e. The molecule has 0 heterocycles. The SMILES string of the molecule is CCCCOc1cc2c(C=CC(=O)Oc3ccc(C=Nc4ccc(OC)cc4)cc3)c(c1)Cc1cc(OCCCC)cc(c1C=CC(=O)Oc1ccc(C=Nc3ccc(OC)cc3)cc1)Cc1cc(OCCCC)cc(c1C=CC(=O)Oc1ccc(C=Nc3ccc(OC)cc3)cc1)Cc1cc(OCCCC)cc(c1C=CC(=O)Oc1ccc(C=Nc3ccc(OC)cc3)cc1)C2. The van der Waals surface area contributed by atoms with E-state index in [0.29, 0.717) is 94.7 Å². The number of nitrogens with zero attached hydrogens (tertiary/aromatic N) is 4. The van der Waals surface area contributed by atoms with Crippen molar-refractivity contribution in [1.29, 1.82) is 0 Å². The van der Waals surface area contributed by atoms with Gasteiger partial charge in [0.25, 0.3) is 0 Å². The van der Waals surface area contributed by atoms with E-state index in [1.165, 1.54) is 24.3 Å². The highest BCUT2D eigenvalue weighted by Crippen LogP contribution is 2.40. The Hall–Kier alpha value is -15.4. The smallest absolute Gasteiger partial charge is 0.336 e. The van der Waals surface area contributed by atoms with Gasteiger partial charge in [0.2, 0.25) is 0 Å². The molecule has 132 heavy (non-hydrogen) atoms. The molecule has 0 aromatic heterocycles. The molecule has 0 atom stereocenters. The lowest BCUT2D eigenvalue weighted by Gasteiger charge is -2.23. The van der Waals surface area contributed by atoms with Gasteiger partial charge >= 0.3 is 23.9 Å². The molecule has 672 valence electrons. The Labute approximate surface area is 771 Å². The normalized spacial score (nSPS) is 12.1. The predicted octanol–water partition coefficient (Wildman–Crippen LogP) is 24.6. The van der Waals surface area contributed by atoms with Gasteiger partial charge in [-0.1, -0.05) is 53.4 Å². The van der Waals surface area contributed by atoms with Crippen LogP contribution >= 0.6 is 0 Å². The molecule has 20 heteroatoms. The fourth-order valence-corrected chi connectivity index (χ4v) is 14.5. The van der Waals surface area contributed by atoms with E-state index >= 15 is 0 Å². The van der Waals surface area contributed by atoms with Crippen LogP contribution in [-0.4, -0.2) is 104 Å². The molecule has 1 aliphatic rings. The van der Waals surface area contributed by atoms with E-state index < -0.39 is 23.9 Å². The lowest BCUT2D eigenvalue weighted by molar-refractivity contribution is -0.129. The largest absolute Gasteiger partial charge is 0.497 e. The highest BCUT2D eigenvalue weighted by molar-refractivity contribution is 5.94. The van der Waals surface area contributed by atoms with Crippen molar-refractivity contribution in [2.45, 2.75) is 105 Å². The van der Waals surface area contributed by atoms with Gasteiger partial charge in [-0.3, -0.25) is 20.0 Å². The Balaban J connectivity index is 0.981. The lowest BCUT2D eigenvalue weighted by atomic mass is 9.84. The topological polar surface area (TPSA) is 228 Å². The number of carbonyl (C=O) groups excluding carboxylic acids is 4. The molecule has 12 aromatic rings. The summed E-state index contributed by atoms with van der Waals surface area (Å²) in [6, 6.07) is 73.9. The van der Waals surface area contributed by atoms with Gasteiger partial charge in [-0.05, 0) is 407 Å². The summed E-state index contributed by atoms with van der Waals surface area (Å²) in [4.78, 5) is 77.5. The fourth-order valence-electron chi connectivity index (χ4n) is 14.5. The zero-order valence-electron chi connectivity index (χ0n) is 75.7. The number of fused-ring (bicyclic) bond motifs is 8. The quantitative estimate of drug-likeness (QED) is 0.0114. The average Bonchev–Trinajstić information content (AvgIpc) is 0.769. The molecular weight excluding hydrogens is 1660 g/mol. The van der Waals surface area contributed by atoms with Crippen molar-refractivity contribution in [1.82, 2.24) is 0 Å². The first-order valence-electron chi connectivity index (χ1n) is 44.4. The van der Waals surface area contributed by atoms with Crippen LogP contribution in [0, 0.1) is 0 Å². The minimum absolute atomic E-state index is 0.152. The summed E-state index contributed by atoms with van der Waals surface area (Å²) >= 11 is 0. The monoisotopic (exact) mass is 1760 g/mol. The number of hydrogen-bond acceptors (Lipinski definition) is 20. The molecule has 8 bridgehead atoms. The molecule has 0 aliphatic heterocycles. The second-order valence-corrected chi connectivity index (χ2v) is 31.3. The van der Waals surface area contributed by atoms with Crippen LogP contribution in [0.3, 0.4) is 0 Å². The van der Waals surface area contributed by atoms with E-state index in [0.717, 1.165) is 164 Å². The zero-order chi connectivity index (χ0) is 92.2. The Bertz CT molecular complexity index is 5310. The summed E-state index contributed by atoms with van der Waals surface area (Å²) in [6.07, 6.45) is 26.7. The van der Waals surface area contributed by atoms with Crippen molar-refractivity contribution in [3.8, 4) is 69.0 Å². The van der Waals surface area contributed by atoms with E-state index in [9.17, 15) is 19.2 Å². The Morgan fingerprint density at radius 1 is 0.242 bits per heavy atom. The Morgan fingerprint density at radius 2 is 0.417 bits per heavy atom. The third-order valence-electron chi connectivity index (χ3n) is 21.6. The van der Waals surface area contributed by atoms with Gasteiger partial charge in [0.05, 0.1) is 77.6 Å². The molecule has 0 saturated carbocycles. The number of hydrogen-bond donors (Lipinski definition) is 0. The highest BCUT2D eigenvalue weighted by atomic mass is 16.6. The zero-order valence-corrected chi connectivity index (χ0v) is 75.7. The third kappa shape index (κ3) is 28.3. The van der Waals surface area contributed by atoms with Gasteiger partial charge in [-0.15, -0.1) is 0 Å². The number of rotatable bonds is 40. The van der Waals surface area contributed by atoms with Gasteiger partial charge in [-0.25, -0.2) is 19.2 Å². The molecule has 0 unspecified atom stereocenters. The van der Waals surface area contributed by atoms with Crippen molar-refractivity contribution in [2.24, 2.45) is 20.0 Å². The maximum atomic E-state index is 14.7. The molecular formula is C112H108N4O16. The first-order valence-corrected chi connectivity index (χ1v) is 44.4. The van der Waals surface area contributed by atoms with Gasteiger partial charge in [0.1, 0.15) is 69.0 Å². The second kappa shape index (κ2) is 48.7. The first kappa shape index (κ1) is 94.2. The standard InChI is InChI=1S/C112H108N4O16/c1-9-13-57-125-101-65-81-61-83-67-102(126-58-14-10-2)69-85(106(83)50-54-110(118)130-98-35-19-78(20-36-98)74-114-90-27-43-94(122-6)44-28-90)63-87-71-104(128-60-16-12-4)72-88(108(87)52-56-112(120)132-100-39-23-80(24-40-100)76-116-92-31-47-96(124-8)48-32-92)64-86-70-103(127-59-15-11-3)68-84(107(86)51-55-111(119)131-99-37-21-79(22-38-99)75-115-91-29-45-95(123-7)46-30-91)62-82(66-101)105(81)49-53-109(117)129-97-33-17-77(18-34-97)73-113-89-25-41-93(121-5)42-26-89/h17-56,65-76H,9-16,57-64H2,1-8H3. The molecule has 0 amide bonds. The number of unbranched alkanes of at least 4 members (excludes halogenated alkanes) is 4. The Morgan fingerprint density at radius 3 is 0.583 bits per heavy atom. The molecule has 20 nitrogen and oxygen atoms in total. The second-order valence-electron chi connectivity index (χ2n) is 31.3. The van der Waals surface area contributed by atoms with Gasteiger partial charge in [0.15, 0.2) is 0 Å². The van der Waals surface area contributed by atoms with Gasteiger partial charge in [0, 0.05) is 49.2 Å². The van der Waals surface area contributed by atoms with Crippen LogP contribution in [0.5, 0.6) is 69.0 Å². The van der Waals surface area contributed by atoms with Crippen LogP contribution in [0.2, 0.25) is 0 Å². The number of aliphatic imine (C=N–C) groups is 4. The van der Waals surface area contributed by atoms with Crippen LogP contribution in [-0.2, 0) is 44.9 Å². The predicted molar refractivity (Wildman–Crippen MR) is 524 cm³/mol. The number of ether oxygens (including phenoxy) is 12. The van der Waals surface area contributed by atoms with Gasteiger partial charge < -0.3 is 56.8 Å². The minimum atomic E-state index is -0.657. The summed E-state index contributed by atoms with van der Waals surface area (Å²) in [5.74, 6) is 3.67. The van der Waals surface area contributed by atoms with Crippen LogP contribution in [0.1, 0.15) is 168 Å². The number of methoxy groups -OCH3 is 4. The lowest BCUT2D eigenvalue weighted by Crippen LogP contribution is -2.10. The van der Waals surface area contributed by atoms with Crippen LogP contribution in [0.15, 0.2) is 287 Å². The minimum Gasteiger partial charge on any atom is -0.497 e. The van der Waals surface area contributed by atoms with Crippen molar-refractivity contribution >= 4 is 95.8 Å². The molecule has 1 aliphatic carbocycles. The van der Waals surface area contributed by atoms with Gasteiger partial charge in [-0.2, -0.15) is 0 Å². The molecule has 0 fully saturated rings. The fraction of sp³-hybridized carbons (Fsp3) is 0.214. The van der Waals surface area contributed by atoms with E-state index in [-0.39, 0.29) is 25.7 Å². The average molecular weight is 1770 g/mol. The summed E-state index contributed by atoms with van der Waals surface area (Å²) < 4.78 is 73.3. The molecule has 0 saturated heterocycles. The first-order chi connectivity index (χ1) is 64.6. The Kier molecular flexibility index (Phi) is 34.7. The van der Waals surface area contributed by atoms with Crippen LogP contribution in [0.4, 0.5) is 22.7 Å². The van der Waals surface area contributed by atoms with E-state index in [2.05, 4.69) is 47.7 Å². The van der Waals surface area contributed by atoms with Crippen molar-refractivity contribution < 1.29 is 76.0 Å². The van der Waals surface area contributed by atoms with E-state index in [1.807, 2.05) is 194 Å². The van der Waals surface area contributed by atoms with Crippen molar-refractivity contribution in [2.75, 3.05) is 54.9 Å². The number of esters is 4. The molecule has 0 spiro atoms. The van der Waals surface area contributed by atoms with Crippen molar-refractivity contribution in [3.63, 3.8) is 0 Å². The highest BCUT2D eigenvalue weighted by Gasteiger charge is 2.24. The third-order valence-corrected chi connectivity index (χ3v) is 21.6.